The highest BCUT2D eigenvalue weighted by atomic mass is 35.5. The molecular formula is C16H10ClNO6S. The van der Waals surface area contributed by atoms with E-state index in [-0.39, 0.29) is 16.7 Å². The van der Waals surface area contributed by atoms with Gasteiger partial charge in [0.15, 0.2) is 0 Å². The maximum atomic E-state index is 11.6. The Balaban J connectivity index is 2.19. The summed E-state index contributed by atoms with van der Waals surface area (Å²) in [6, 6.07) is 12.0. The van der Waals surface area contributed by atoms with Gasteiger partial charge >= 0.3 is 16.4 Å². The molecule has 128 valence electrons. The van der Waals surface area contributed by atoms with Gasteiger partial charge in [-0.05, 0) is 36.4 Å². The van der Waals surface area contributed by atoms with Crippen molar-refractivity contribution >= 4 is 38.9 Å². The molecule has 0 atom stereocenters. The van der Waals surface area contributed by atoms with Crippen molar-refractivity contribution in [3.63, 3.8) is 0 Å². The summed E-state index contributed by atoms with van der Waals surface area (Å²) >= 11 is 5.85. The van der Waals surface area contributed by atoms with Crippen LogP contribution in [0.3, 0.4) is 0 Å². The molecule has 9 heteroatoms. The lowest BCUT2D eigenvalue weighted by atomic mass is 10.0. The second-order valence-electron chi connectivity index (χ2n) is 5.06. The average molecular weight is 380 g/mol. The van der Waals surface area contributed by atoms with Gasteiger partial charge in [-0.15, -0.1) is 0 Å². The number of pyridine rings is 1. The highest BCUT2D eigenvalue weighted by Crippen LogP contribution is 2.28. The van der Waals surface area contributed by atoms with E-state index in [9.17, 15) is 18.3 Å². The lowest BCUT2D eigenvalue weighted by Crippen LogP contribution is -2.07. The SMILES string of the molecule is O=C(O)c1cc(-c2ccc(Cl)cc2)nc2ccc(OS(=O)(=O)O)cc12. The van der Waals surface area contributed by atoms with Crippen molar-refractivity contribution in [1.29, 1.82) is 0 Å². The molecule has 0 aliphatic rings. The number of rotatable bonds is 4. The van der Waals surface area contributed by atoms with Crippen LogP contribution in [0.5, 0.6) is 5.75 Å². The molecular weight excluding hydrogens is 370 g/mol. The molecule has 0 radical (unpaired) electrons. The first kappa shape index (κ1) is 17.2. The number of aromatic nitrogens is 1. The largest absolute Gasteiger partial charge is 0.478 e. The van der Waals surface area contributed by atoms with Crippen molar-refractivity contribution in [3.8, 4) is 17.0 Å². The molecule has 0 aliphatic heterocycles. The lowest BCUT2D eigenvalue weighted by Gasteiger charge is -2.09. The number of hydrogen-bond acceptors (Lipinski definition) is 5. The van der Waals surface area contributed by atoms with Gasteiger partial charge in [-0.25, -0.2) is 9.78 Å². The molecule has 0 unspecified atom stereocenters. The summed E-state index contributed by atoms with van der Waals surface area (Å²) in [7, 11) is -4.71. The highest BCUT2D eigenvalue weighted by molar-refractivity contribution is 7.81. The van der Waals surface area contributed by atoms with Crippen molar-refractivity contribution in [2.45, 2.75) is 0 Å². The Morgan fingerprint density at radius 2 is 1.76 bits per heavy atom. The molecule has 1 heterocycles. The van der Waals surface area contributed by atoms with Gasteiger partial charge in [0.05, 0.1) is 16.8 Å². The van der Waals surface area contributed by atoms with E-state index in [0.717, 1.165) is 0 Å². The minimum absolute atomic E-state index is 0.0873. The summed E-state index contributed by atoms with van der Waals surface area (Å²) in [4.78, 5) is 16.0. The van der Waals surface area contributed by atoms with E-state index >= 15 is 0 Å². The van der Waals surface area contributed by atoms with Gasteiger partial charge in [0.1, 0.15) is 5.75 Å². The van der Waals surface area contributed by atoms with Gasteiger partial charge in [-0.3, -0.25) is 4.55 Å². The molecule has 3 rings (SSSR count). The third kappa shape index (κ3) is 3.87. The van der Waals surface area contributed by atoms with E-state index in [1.54, 1.807) is 24.3 Å². The quantitative estimate of drug-likeness (QED) is 0.667. The van der Waals surface area contributed by atoms with Gasteiger partial charge in [0, 0.05) is 16.0 Å². The fraction of sp³-hybridized carbons (Fsp3) is 0. The van der Waals surface area contributed by atoms with E-state index in [1.807, 2.05) is 0 Å². The number of nitrogens with zero attached hydrogens (tertiary/aromatic N) is 1. The second kappa shape index (κ2) is 6.32. The Labute approximate surface area is 147 Å². The molecule has 0 saturated carbocycles. The number of halogens is 1. The van der Waals surface area contributed by atoms with Crippen molar-refractivity contribution in [2.24, 2.45) is 0 Å². The number of carboxylic acids is 1. The molecule has 0 amide bonds. The maximum absolute atomic E-state index is 11.6. The van der Waals surface area contributed by atoms with E-state index in [4.69, 9.17) is 16.2 Å². The Morgan fingerprint density at radius 3 is 2.36 bits per heavy atom. The van der Waals surface area contributed by atoms with Crippen molar-refractivity contribution in [2.75, 3.05) is 0 Å². The van der Waals surface area contributed by atoms with Crippen LogP contribution in [-0.2, 0) is 10.4 Å². The summed E-state index contributed by atoms with van der Waals surface area (Å²) in [5.41, 5.74) is 1.33. The molecule has 0 fully saturated rings. The van der Waals surface area contributed by atoms with E-state index in [1.165, 1.54) is 24.3 Å². The summed E-state index contributed by atoms with van der Waals surface area (Å²) < 4.78 is 34.7. The number of fused-ring (bicyclic) bond motifs is 1. The standard InChI is InChI=1S/C16H10ClNO6S/c17-10-3-1-9(2-4-10)15-8-13(16(19)20)12-7-11(24-25(21,22)23)5-6-14(12)18-15/h1-8H,(H,19,20)(H,21,22,23). The molecule has 2 aromatic carbocycles. The van der Waals surface area contributed by atoms with Gasteiger partial charge in [-0.1, -0.05) is 23.7 Å². The molecule has 0 bridgehead atoms. The minimum atomic E-state index is -4.71. The first-order valence-electron chi connectivity index (χ1n) is 6.84. The second-order valence-corrected chi connectivity index (χ2v) is 6.52. The third-order valence-corrected chi connectivity index (χ3v) is 4.01. The molecule has 0 spiro atoms. The van der Waals surface area contributed by atoms with Crippen LogP contribution in [0, 0.1) is 0 Å². The van der Waals surface area contributed by atoms with Crippen LogP contribution in [0.4, 0.5) is 0 Å². The highest BCUT2D eigenvalue weighted by Gasteiger charge is 2.15. The summed E-state index contributed by atoms with van der Waals surface area (Å²) in [6.45, 7) is 0. The summed E-state index contributed by atoms with van der Waals surface area (Å²) in [5.74, 6) is -1.44. The zero-order valence-corrected chi connectivity index (χ0v) is 14.0. The Hall–Kier alpha value is -2.68. The van der Waals surface area contributed by atoms with Crippen molar-refractivity contribution in [1.82, 2.24) is 4.98 Å². The fourth-order valence-electron chi connectivity index (χ4n) is 2.32. The number of carbonyl (C=O) groups is 1. The Morgan fingerprint density at radius 1 is 1.08 bits per heavy atom. The summed E-state index contributed by atoms with van der Waals surface area (Å²) in [6.07, 6.45) is 0. The predicted molar refractivity (Wildman–Crippen MR) is 91.3 cm³/mol. The zero-order valence-electron chi connectivity index (χ0n) is 12.4. The minimum Gasteiger partial charge on any atom is -0.478 e. The molecule has 1 aromatic heterocycles. The van der Waals surface area contributed by atoms with Gasteiger partial charge < -0.3 is 9.29 Å². The van der Waals surface area contributed by atoms with Crippen LogP contribution in [-0.4, -0.2) is 29.0 Å². The Kier molecular flexibility index (Phi) is 4.34. The number of aromatic carboxylic acids is 1. The van der Waals surface area contributed by atoms with Gasteiger partial charge in [-0.2, -0.15) is 8.42 Å². The molecule has 3 aromatic rings. The average Bonchev–Trinajstić information content (AvgIpc) is 2.53. The van der Waals surface area contributed by atoms with E-state index < -0.39 is 16.4 Å². The molecule has 0 saturated heterocycles. The van der Waals surface area contributed by atoms with E-state index in [2.05, 4.69) is 9.17 Å². The van der Waals surface area contributed by atoms with E-state index in [0.29, 0.717) is 21.8 Å². The topological polar surface area (TPSA) is 114 Å². The van der Waals surface area contributed by atoms with Crippen molar-refractivity contribution in [3.05, 3.63) is 59.1 Å². The predicted octanol–water partition coefficient (Wildman–Crippen LogP) is 3.44. The van der Waals surface area contributed by atoms with Crippen molar-refractivity contribution < 1.29 is 27.1 Å². The first-order chi connectivity index (χ1) is 11.7. The van der Waals surface area contributed by atoms with Crippen LogP contribution in [0.2, 0.25) is 5.02 Å². The smallest absolute Gasteiger partial charge is 0.446 e. The molecule has 2 N–H and O–H groups in total. The third-order valence-electron chi connectivity index (χ3n) is 3.35. The first-order valence-corrected chi connectivity index (χ1v) is 8.58. The van der Waals surface area contributed by atoms with Gasteiger partial charge in [0.25, 0.3) is 0 Å². The van der Waals surface area contributed by atoms with Crippen LogP contribution in [0.25, 0.3) is 22.2 Å². The Bertz CT molecular complexity index is 1080. The molecule has 7 nitrogen and oxygen atoms in total. The van der Waals surface area contributed by atoms with Crippen LogP contribution < -0.4 is 4.18 Å². The van der Waals surface area contributed by atoms with Crippen LogP contribution in [0.1, 0.15) is 10.4 Å². The van der Waals surface area contributed by atoms with Gasteiger partial charge in [0.2, 0.25) is 0 Å². The normalized spacial score (nSPS) is 11.4. The monoisotopic (exact) mass is 379 g/mol. The lowest BCUT2D eigenvalue weighted by molar-refractivity contribution is 0.0699. The number of hydrogen-bond donors (Lipinski definition) is 2. The summed E-state index contributed by atoms with van der Waals surface area (Å²) in [5, 5.41) is 10.2. The van der Waals surface area contributed by atoms with Crippen LogP contribution >= 0.6 is 11.6 Å². The maximum Gasteiger partial charge on any atom is 0.446 e. The fourth-order valence-corrected chi connectivity index (χ4v) is 2.80. The number of carboxylic acid groups (broad SMARTS) is 1. The molecule has 25 heavy (non-hydrogen) atoms. The molecule has 0 aliphatic carbocycles. The van der Waals surface area contributed by atoms with Crippen LogP contribution in [0.15, 0.2) is 48.5 Å². The zero-order chi connectivity index (χ0) is 18.2. The number of benzene rings is 2.